The third-order valence-corrected chi connectivity index (χ3v) is 2.45. The second-order valence-corrected chi connectivity index (χ2v) is 3.53. The molecule has 0 fully saturated rings. The van der Waals surface area contributed by atoms with Crippen molar-refractivity contribution >= 4 is 17.3 Å². The van der Waals surface area contributed by atoms with Crippen LogP contribution >= 0.6 is 0 Å². The summed E-state index contributed by atoms with van der Waals surface area (Å²) in [5.74, 6) is 1.90. The van der Waals surface area contributed by atoms with Crippen molar-refractivity contribution in [1.82, 2.24) is 9.97 Å². The van der Waals surface area contributed by atoms with Crippen LogP contribution < -0.4 is 15.4 Å². The molecule has 88 valence electrons. The van der Waals surface area contributed by atoms with Gasteiger partial charge in [0.15, 0.2) is 5.82 Å². The number of hydrogen-bond acceptors (Lipinski definition) is 5. The molecule has 0 spiro atoms. The molecule has 2 rings (SSSR count). The first-order valence-electron chi connectivity index (χ1n) is 5.16. The van der Waals surface area contributed by atoms with Gasteiger partial charge in [-0.2, -0.15) is 0 Å². The number of aromatic nitrogens is 2. The fraction of sp³-hybridized carbons (Fsp3) is 0.167. The third kappa shape index (κ3) is 2.28. The molecule has 2 N–H and O–H groups in total. The first kappa shape index (κ1) is 11.2. The Labute approximate surface area is 99.9 Å². The minimum Gasteiger partial charge on any atom is -0.495 e. The summed E-state index contributed by atoms with van der Waals surface area (Å²) in [7, 11) is 3.54. The first-order chi connectivity index (χ1) is 8.22. The number of nitrogens with two attached hydrogens (primary N) is 1. The van der Waals surface area contributed by atoms with E-state index in [0.717, 1.165) is 11.4 Å². The number of nitrogen functional groups attached to an aromatic ring is 1. The maximum absolute atomic E-state index is 5.50. The van der Waals surface area contributed by atoms with Crippen LogP contribution in [0.1, 0.15) is 0 Å². The topological polar surface area (TPSA) is 64.3 Å². The van der Waals surface area contributed by atoms with Crippen molar-refractivity contribution in [3.05, 3.63) is 36.7 Å². The summed E-state index contributed by atoms with van der Waals surface area (Å²) in [6.07, 6.45) is 3.16. The van der Waals surface area contributed by atoms with E-state index in [-0.39, 0.29) is 0 Å². The van der Waals surface area contributed by atoms with Gasteiger partial charge < -0.3 is 15.4 Å². The molecule has 0 aliphatic heterocycles. The van der Waals surface area contributed by atoms with Crippen molar-refractivity contribution in [3.63, 3.8) is 0 Å². The van der Waals surface area contributed by atoms with E-state index in [1.165, 1.54) is 6.20 Å². The van der Waals surface area contributed by atoms with Crippen LogP contribution in [0.3, 0.4) is 0 Å². The fourth-order valence-electron chi connectivity index (χ4n) is 1.53. The zero-order valence-corrected chi connectivity index (χ0v) is 9.79. The average molecular weight is 230 g/mol. The van der Waals surface area contributed by atoms with Gasteiger partial charge >= 0.3 is 0 Å². The summed E-state index contributed by atoms with van der Waals surface area (Å²) in [6.45, 7) is 0. The summed E-state index contributed by atoms with van der Waals surface area (Å²) >= 11 is 0. The maximum atomic E-state index is 5.50. The standard InChI is InChI=1S/C12H14N4O/c1-16(12-8-14-11(13)7-15-12)9-5-3-4-6-10(9)17-2/h3-8H,1-2H3,(H2,13,14). The molecule has 0 radical (unpaired) electrons. The summed E-state index contributed by atoms with van der Waals surface area (Å²) in [4.78, 5) is 10.1. The summed E-state index contributed by atoms with van der Waals surface area (Å²) in [6, 6.07) is 7.72. The predicted molar refractivity (Wildman–Crippen MR) is 67.5 cm³/mol. The SMILES string of the molecule is COc1ccccc1N(C)c1cnc(N)cn1. The molecule has 1 aromatic heterocycles. The van der Waals surface area contributed by atoms with Gasteiger partial charge in [0.25, 0.3) is 0 Å². The van der Waals surface area contributed by atoms with Crippen molar-refractivity contribution in [2.75, 3.05) is 24.8 Å². The second-order valence-electron chi connectivity index (χ2n) is 3.53. The molecular weight excluding hydrogens is 216 g/mol. The van der Waals surface area contributed by atoms with Gasteiger partial charge in [-0.1, -0.05) is 12.1 Å². The molecule has 0 atom stereocenters. The quantitative estimate of drug-likeness (QED) is 0.871. The largest absolute Gasteiger partial charge is 0.495 e. The lowest BCUT2D eigenvalue weighted by Gasteiger charge is -2.20. The summed E-state index contributed by atoms with van der Waals surface area (Å²) in [5, 5.41) is 0. The monoisotopic (exact) mass is 230 g/mol. The number of methoxy groups -OCH3 is 1. The number of anilines is 3. The van der Waals surface area contributed by atoms with E-state index in [2.05, 4.69) is 9.97 Å². The van der Waals surface area contributed by atoms with E-state index in [4.69, 9.17) is 10.5 Å². The molecular formula is C12H14N4O. The smallest absolute Gasteiger partial charge is 0.151 e. The molecule has 0 bridgehead atoms. The minimum absolute atomic E-state index is 0.405. The van der Waals surface area contributed by atoms with E-state index in [9.17, 15) is 0 Å². The van der Waals surface area contributed by atoms with Crippen LogP contribution in [-0.4, -0.2) is 24.1 Å². The van der Waals surface area contributed by atoms with Crippen molar-refractivity contribution in [2.45, 2.75) is 0 Å². The van der Waals surface area contributed by atoms with Gasteiger partial charge in [0.05, 0.1) is 25.2 Å². The van der Waals surface area contributed by atoms with E-state index in [1.807, 2.05) is 36.2 Å². The van der Waals surface area contributed by atoms with Crippen molar-refractivity contribution in [1.29, 1.82) is 0 Å². The van der Waals surface area contributed by atoms with Gasteiger partial charge in [-0.15, -0.1) is 0 Å². The Hall–Kier alpha value is -2.30. The van der Waals surface area contributed by atoms with Crippen LogP contribution in [0.15, 0.2) is 36.7 Å². The number of hydrogen-bond donors (Lipinski definition) is 1. The number of nitrogens with zero attached hydrogens (tertiary/aromatic N) is 3. The Morgan fingerprint density at radius 2 is 1.94 bits per heavy atom. The highest BCUT2D eigenvalue weighted by Gasteiger charge is 2.10. The molecule has 0 aliphatic carbocycles. The third-order valence-electron chi connectivity index (χ3n) is 2.45. The number of rotatable bonds is 3. The number of ether oxygens (including phenoxy) is 1. The molecule has 17 heavy (non-hydrogen) atoms. The van der Waals surface area contributed by atoms with E-state index < -0.39 is 0 Å². The molecule has 1 aromatic carbocycles. The lowest BCUT2D eigenvalue weighted by molar-refractivity contribution is 0.415. The normalized spacial score (nSPS) is 10.0. The molecule has 5 nitrogen and oxygen atoms in total. The molecule has 0 saturated carbocycles. The van der Waals surface area contributed by atoms with Gasteiger partial charge in [0.1, 0.15) is 11.6 Å². The van der Waals surface area contributed by atoms with E-state index >= 15 is 0 Å². The van der Waals surface area contributed by atoms with Gasteiger partial charge in [-0.25, -0.2) is 9.97 Å². The molecule has 0 unspecified atom stereocenters. The van der Waals surface area contributed by atoms with Crippen LogP contribution in [0.5, 0.6) is 5.75 Å². The molecule has 0 amide bonds. The molecule has 0 saturated heterocycles. The van der Waals surface area contributed by atoms with Crippen LogP contribution in [0.25, 0.3) is 0 Å². The Bertz CT molecular complexity index is 498. The van der Waals surface area contributed by atoms with Crippen molar-refractivity contribution < 1.29 is 4.74 Å². The Morgan fingerprint density at radius 1 is 1.18 bits per heavy atom. The molecule has 1 heterocycles. The van der Waals surface area contributed by atoms with Crippen LogP contribution in [-0.2, 0) is 0 Å². The molecule has 2 aromatic rings. The van der Waals surface area contributed by atoms with Gasteiger partial charge in [0, 0.05) is 7.05 Å². The van der Waals surface area contributed by atoms with Crippen LogP contribution in [0.4, 0.5) is 17.3 Å². The highest BCUT2D eigenvalue weighted by Crippen LogP contribution is 2.30. The Balaban J connectivity index is 2.36. The lowest BCUT2D eigenvalue weighted by atomic mass is 10.2. The van der Waals surface area contributed by atoms with Gasteiger partial charge in [-0.3, -0.25) is 0 Å². The Morgan fingerprint density at radius 3 is 2.59 bits per heavy atom. The second kappa shape index (κ2) is 4.69. The van der Waals surface area contributed by atoms with Crippen molar-refractivity contribution in [3.8, 4) is 5.75 Å². The van der Waals surface area contributed by atoms with Crippen LogP contribution in [0, 0.1) is 0 Å². The zero-order valence-electron chi connectivity index (χ0n) is 9.79. The zero-order chi connectivity index (χ0) is 12.3. The molecule has 0 aliphatic rings. The summed E-state index contributed by atoms with van der Waals surface area (Å²) in [5.41, 5.74) is 6.43. The summed E-state index contributed by atoms with van der Waals surface area (Å²) < 4.78 is 5.30. The van der Waals surface area contributed by atoms with Gasteiger partial charge in [0.2, 0.25) is 0 Å². The maximum Gasteiger partial charge on any atom is 0.151 e. The fourth-order valence-corrected chi connectivity index (χ4v) is 1.53. The molecule has 5 heteroatoms. The van der Waals surface area contributed by atoms with E-state index in [1.54, 1.807) is 13.3 Å². The van der Waals surface area contributed by atoms with Crippen LogP contribution in [0.2, 0.25) is 0 Å². The van der Waals surface area contributed by atoms with E-state index in [0.29, 0.717) is 11.6 Å². The van der Waals surface area contributed by atoms with Gasteiger partial charge in [-0.05, 0) is 12.1 Å². The first-order valence-corrected chi connectivity index (χ1v) is 5.16. The number of para-hydroxylation sites is 2. The highest BCUT2D eigenvalue weighted by molar-refractivity contribution is 5.66. The highest BCUT2D eigenvalue weighted by atomic mass is 16.5. The lowest BCUT2D eigenvalue weighted by Crippen LogP contribution is -2.12. The average Bonchev–Trinajstić information content (AvgIpc) is 2.39. The number of benzene rings is 1. The Kier molecular flexibility index (Phi) is 3.09. The minimum atomic E-state index is 0.405. The van der Waals surface area contributed by atoms with Crippen molar-refractivity contribution in [2.24, 2.45) is 0 Å². The predicted octanol–water partition coefficient (Wildman–Crippen LogP) is 1.84.